The van der Waals surface area contributed by atoms with Gasteiger partial charge in [0.15, 0.2) is 0 Å². The number of methoxy groups -OCH3 is 1. The van der Waals surface area contributed by atoms with E-state index < -0.39 is 11.8 Å². The van der Waals surface area contributed by atoms with Crippen LogP contribution in [0.4, 0.5) is 9.39 Å². The maximum Gasteiger partial charge on any atom is 0.341 e. The number of hydrogen-bond acceptors (Lipinski definition) is 4. The van der Waals surface area contributed by atoms with Crippen molar-refractivity contribution in [3.63, 3.8) is 0 Å². The third-order valence-corrected chi connectivity index (χ3v) is 6.38. The Kier molecular flexibility index (Phi) is 5.38. The predicted molar refractivity (Wildman–Crippen MR) is 105 cm³/mol. The molecule has 1 N–H and O–H groups in total. The van der Waals surface area contributed by atoms with Crippen molar-refractivity contribution in [3.8, 4) is 0 Å². The van der Waals surface area contributed by atoms with Crippen molar-refractivity contribution in [1.82, 2.24) is 0 Å². The summed E-state index contributed by atoms with van der Waals surface area (Å²) in [4.78, 5) is 26.1. The van der Waals surface area contributed by atoms with Crippen molar-refractivity contribution < 1.29 is 18.7 Å². The topological polar surface area (TPSA) is 55.4 Å². The van der Waals surface area contributed by atoms with Crippen LogP contribution in [-0.4, -0.2) is 19.0 Å². The summed E-state index contributed by atoms with van der Waals surface area (Å²) < 4.78 is 18.1. The van der Waals surface area contributed by atoms with Gasteiger partial charge in [0.2, 0.25) is 0 Å². The zero-order chi connectivity index (χ0) is 19.8. The molecule has 1 heterocycles. The Bertz CT molecular complexity index is 865. The summed E-state index contributed by atoms with van der Waals surface area (Å²) in [7, 11) is 1.35. The monoisotopic (exact) mass is 389 g/mol. The van der Waals surface area contributed by atoms with Gasteiger partial charge in [-0.05, 0) is 60.4 Å². The highest BCUT2D eigenvalue weighted by atomic mass is 32.1. The molecule has 0 saturated heterocycles. The van der Waals surface area contributed by atoms with Crippen molar-refractivity contribution in [1.29, 1.82) is 0 Å². The molecular weight excluding hydrogens is 365 g/mol. The first-order valence-electron chi connectivity index (χ1n) is 9.00. The fraction of sp³-hybridized carbons (Fsp3) is 0.429. The van der Waals surface area contributed by atoms with Crippen LogP contribution in [0, 0.1) is 17.2 Å². The van der Waals surface area contributed by atoms with Crippen molar-refractivity contribution in [2.24, 2.45) is 11.3 Å². The fourth-order valence-corrected chi connectivity index (χ4v) is 4.82. The number of carbonyl (C=O) groups is 2. The largest absolute Gasteiger partial charge is 0.465 e. The zero-order valence-electron chi connectivity index (χ0n) is 16.0. The van der Waals surface area contributed by atoms with Gasteiger partial charge in [0.1, 0.15) is 10.8 Å². The van der Waals surface area contributed by atoms with Gasteiger partial charge in [-0.25, -0.2) is 9.18 Å². The maximum absolute atomic E-state index is 13.1. The molecule has 4 nitrogen and oxygen atoms in total. The second kappa shape index (κ2) is 7.43. The van der Waals surface area contributed by atoms with E-state index in [-0.39, 0.29) is 11.3 Å². The van der Waals surface area contributed by atoms with Crippen LogP contribution in [0.2, 0.25) is 0 Å². The van der Waals surface area contributed by atoms with Gasteiger partial charge in [-0.1, -0.05) is 20.8 Å². The number of esters is 1. The molecule has 0 saturated carbocycles. The van der Waals surface area contributed by atoms with Crippen molar-refractivity contribution >= 4 is 28.2 Å². The van der Waals surface area contributed by atoms with E-state index in [2.05, 4.69) is 26.1 Å². The fourth-order valence-electron chi connectivity index (χ4n) is 3.51. The van der Waals surface area contributed by atoms with E-state index in [9.17, 15) is 14.0 Å². The molecule has 6 heteroatoms. The number of fused-ring (bicyclic) bond motifs is 1. The van der Waals surface area contributed by atoms with Crippen molar-refractivity contribution in [2.45, 2.75) is 40.0 Å². The summed E-state index contributed by atoms with van der Waals surface area (Å²) in [6.07, 6.45) is 2.69. The number of amides is 1. The third kappa shape index (κ3) is 4.05. The molecule has 0 radical (unpaired) electrons. The Morgan fingerprint density at radius 1 is 1.22 bits per heavy atom. The first kappa shape index (κ1) is 19.5. The highest BCUT2D eigenvalue weighted by Gasteiger charge is 2.34. The van der Waals surface area contributed by atoms with E-state index in [1.807, 2.05) is 0 Å². The second-order valence-corrected chi connectivity index (χ2v) is 9.07. The van der Waals surface area contributed by atoms with Crippen LogP contribution in [0.3, 0.4) is 0 Å². The molecule has 0 spiro atoms. The van der Waals surface area contributed by atoms with E-state index in [4.69, 9.17) is 4.74 Å². The average molecular weight is 389 g/mol. The number of benzene rings is 1. The SMILES string of the molecule is COC(=O)c1c(NC(=O)c2ccc(F)cc2)sc2c1CCC(C(C)(C)C)C2. The summed E-state index contributed by atoms with van der Waals surface area (Å²) in [6.45, 7) is 6.69. The molecule has 0 bridgehead atoms. The second-order valence-electron chi connectivity index (χ2n) is 7.97. The number of ether oxygens (including phenoxy) is 1. The molecular formula is C21H24FNO3S. The predicted octanol–water partition coefficient (Wildman–Crippen LogP) is 5.08. The van der Waals surface area contributed by atoms with Gasteiger partial charge in [-0.3, -0.25) is 4.79 Å². The normalized spacial score (nSPS) is 16.6. The number of halogens is 1. The van der Waals surface area contributed by atoms with Crippen LogP contribution in [0.1, 0.15) is 58.3 Å². The lowest BCUT2D eigenvalue weighted by atomic mass is 9.72. The van der Waals surface area contributed by atoms with Crippen LogP contribution >= 0.6 is 11.3 Å². The lowest BCUT2D eigenvalue weighted by molar-refractivity contribution is 0.0600. The van der Waals surface area contributed by atoms with Crippen LogP contribution in [-0.2, 0) is 17.6 Å². The molecule has 2 aromatic rings. The molecule has 1 aromatic carbocycles. The zero-order valence-corrected chi connectivity index (χ0v) is 16.8. The number of rotatable bonds is 3. The number of anilines is 1. The minimum absolute atomic E-state index is 0.185. The third-order valence-electron chi connectivity index (χ3n) is 5.21. The van der Waals surface area contributed by atoms with Crippen LogP contribution in [0.25, 0.3) is 0 Å². The van der Waals surface area contributed by atoms with Crippen LogP contribution in [0.5, 0.6) is 0 Å². The summed E-state index contributed by atoms with van der Waals surface area (Å²) in [5.74, 6) is -0.682. The molecule has 3 rings (SSSR count). The van der Waals surface area contributed by atoms with Crippen molar-refractivity contribution in [2.75, 3.05) is 12.4 Å². The Balaban J connectivity index is 1.93. The van der Waals surface area contributed by atoms with Crippen LogP contribution in [0.15, 0.2) is 24.3 Å². The maximum atomic E-state index is 13.1. The molecule has 1 aromatic heterocycles. The number of carbonyl (C=O) groups excluding carboxylic acids is 2. The quantitative estimate of drug-likeness (QED) is 0.745. The van der Waals surface area contributed by atoms with E-state index in [0.29, 0.717) is 22.0 Å². The summed E-state index contributed by atoms with van der Waals surface area (Å²) in [5.41, 5.74) is 1.97. The molecule has 1 aliphatic carbocycles. The standard InChI is InChI=1S/C21H24FNO3S/c1-21(2,3)13-7-10-15-16(11-13)27-19(17(15)20(25)26-4)23-18(24)12-5-8-14(22)9-6-12/h5-6,8-9,13H,7,10-11H2,1-4H3,(H,23,24). The highest BCUT2D eigenvalue weighted by Crippen LogP contribution is 2.44. The molecule has 27 heavy (non-hydrogen) atoms. The molecule has 1 amide bonds. The van der Waals surface area contributed by atoms with E-state index in [1.54, 1.807) is 0 Å². The molecule has 1 aliphatic rings. The first-order valence-corrected chi connectivity index (χ1v) is 9.82. The first-order chi connectivity index (χ1) is 12.7. The molecule has 0 aliphatic heterocycles. The average Bonchev–Trinajstić information content (AvgIpc) is 2.97. The lowest BCUT2D eigenvalue weighted by Gasteiger charge is -2.33. The summed E-state index contributed by atoms with van der Waals surface area (Å²) >= 11 is 1.44. The van der Waals surface area contributed by atoms with E-state index in [1.165, 1.54) is 42.7 Å². The van der Waals surface area contributed by atoms with Gasteiger partial charge in [-0.15, -0.1) is 11.3 Å². The highest BCUT2D eigenvalue weighted by molar-refractivity contribution is 7.17. The Morgan fingerprint density at radius 2 is 1.89 bits per heavy atom. The lowest BCUT2D eigenvalue weighted by Crippen LogP contribution is -2.26. The van der Waals surface area contributed by atoms with E-state index >= 15 is 0 Å². The van der Waals surface area contributed by atoms with Gasteiger partial charge in [-0.2, -0.15) is 0 Å². The van der Waals surface area contributed by atoms with Gasteiger partial charge in [0.25, 0.3) is 5.91 Å². The summed E-state index contributed by atoms with van der Waals surface area (Å²) in [5, 5.41) is 3.34. The number of hydrogen-bond donors (Lipinski definition) is 1. The molecule has 1 unspecified atom stereocenters. The van der Waals surface area contributed by atoms with Gasteiger partial charge >= 0.3 is 5.97 Å². The Hall–Kier alpha value is -2.21. The Labute approximate surface area is 162 Å². The smallest absolute Gasteiger partial charge is 0.341 e. The van der Waals surface area contributed by atoms with Crippen LogP contribution < -0.4 is 5.32 Å². The minimum Gasteiger partial charge on any atom is -0.465 e. The minimum atomic E-state index is -0.434. The van der Waals surface area contributed by atoms with Gasteiger partial charge in [0.05, 0.1) is 12.7 Å². The molecule has 1 atom stereocenters. The summed E-state index contributed by atoms with van der Waals surface area (Å²) in [6, 6.07) is 5.32. The van der Waals surface area contributed by atoms with Gasteiger partial charge in [0, 0.05) is 10.4 Å². The molecule has 0 fully saturated rings. The number of thiophene rings is 1. The van der Waals surface area contributed by atoms with Gasteiger partial charge < -0.3 is 10.1 Å². The van der Waals surface area contributed by atoms with Crippen molar-refractivity contribution in [3.05, 3.63) is 51.7 Å². The Morgan fingerprint density at radius 3 is 2.48 bits per heavy atom. The van der Waals surface area contributed by atoms with E-state index in [0.717, 1.165) is 29.7 Å². The number of nitrogens with one attached hydrogen (secondary N) is 1. The molecule has 144 valence electrons.